The number of nitrogens with one attached hydrogen (secondary N) is 1. The Hall–Kier alpha value is -3.30. The Morgan fingerprint density at radius 2 is 2.07 bits per heavy atom. The molecule has 0 spiro atoms. The highest BCUT2D eigenvalue weighted by Gasteiger charge is 2.20. The number of carbonyl (C=O) groups is 1. The van der Waals surface area contributed by atoms with E-state index in [-0.39, 0.29) is 29.8 Å². The molecule has 0 bridgehead atoms. The Kier molecular flexibility index (Phi) is 5.24. The molecule has 152 valence electrons. The zero-order valence-corrected chi connectivity index (χ0v) is 16.0. The summed E-state index contributed by atoms with van der Waals surface area (Å²) < 4.78 is 21.1. The minimum atomic E-state index is -0.555. The van der Waals surface area contributed by atoms with E-state index < -0.39 is 6.04 Å². The number of amides is 1. The fraction of sp³-hybridized carbons (Fsp3) is 0.421. The topological polar surface area (TPSA) is 108 Å². The van der Waals surface area contributed by atoms with E-state index in [1.54, 1.807) is 23.6 Å². The molecular formula is C19H21FN6O3. The third kappa shape index (κ3) is 4.10. The van der Waals surface area contributed by atoms with Crippen molar-refractivity contribution in [3.8, 4) is 11.4 Å². The summed E-state index contributed by atoms with van der Waals surface area (Å²) in [6.45, 7) is 2.16. The first-order chi connectivity index (χ1) is 14.0. The molecule has 0 radical (unpaired) electrons. The number of benzene rings is 1. The van der Waals surface area contributed by atoms with Crippen LogP contribution in [0.5, 0.6) is 0 Å². The first-order valence-corrected chi connectivity index (χ1v) is 9.56. The summed E-state index contributed by atoms with van der Waals surface area (Å²) in [6.07, 6.45) is 3.75. The number of aromatic nitrogens is 5. The second-order valence-electron chi connectivity index (χ2n) is 7.07. The van der Waals surface area contributed by atoms with Crippen molar-refractivity contribution in [1.82, 2.24) is 29.8 Å². The lowest BCUT2D eigenvalue weighted by molar-refractivity contribution is -0.122. The molecule has 0 saturated heterocycles. The molecule has 0 fully saturated rings. The Bertz CT molecular complexity index is 1070. The molecule has 1 N–H and O–H groups in total. The van der Waals surface area contributed by atoms with Crippen molar-refractivity contribution in [2.24, 2.45) is 0 Å². The first-order valence-electron chi connectivity index (χ1n) is 9.56. The average Bonchev–Trinajstić information content (AvgIpc) is 3.21. The smallest absolute Gasteiger partial charge is 0.343 e. The van der Waals surface area contributed by atoms with Gasteiger partial charge in [-0.1, -0.05) is 11.6 Å². The van der Waals surface area contributed by atoms with Crippen LogP contribution in [0.15, 0.2) is 33.6 Å². The van der Waals surface area contributed by atoms with Gasteiger partial charge in [0.05, 0.1) is 0 Å². The lowest BCUT2D eigenvalue weighted by atomic mass is 10.2. The summed E-state index contributed by atoms with van der Waals surface area (Å²) in [5, 5.41) is 10.9. The van der Waals surface area contributed by atoms with Crippen molar-refractivity contribution in [1.29, 1.82) is 0 Å². The van der Waals surface area contributed by atoms with Crippen LogP contribution in [-0.2, 0) is 24.3 Å². The van der Waals surface area contributed by atoms with Crippen LogP contribution in [0.4, 0.5) is 4.39 Å². The standard InChI is InChI=1S/C19H21FN6O3/c1-12(18-22-17(24-29-18)13-6-8-14(20)9-7-13)21-16(27)11-26-19(28)25-10-4-2-3-5-15(25)23-26/h6-9,12H,2-5,10-11H2,1H3,(H,21,27). The molecule has 0 aliphatic carbocycles. The zero-order valence-electron chi connectivity index (χ0n) is 16.0. The van der Waals surface area contributed by atoms with Gasteiger partial charge in [-0.3, -0.25) is 9.36 Å². The van der Waals surface area contributed by atoms with E-state index in [1.807, 2.05) is 0 Å². The van der Waals surface area contributed by atoms with Crippen LogP contribution in [0.2, 0.25) is 0 Å². The molecule has 1 aliphatic rings. The number of halogens is 1. The maximum absolute atomic E-state index is 13.0. The third-order valence-corrected chi connectivity index (χ3v) is 4.87. The second-order valence-corrected chi connectivity index (χ2v) is 7.07. The Morgan fingerprint density at radius 3 is 2.86 bits per heavy atom. The molecule has 1 aromatic carbocycles. The van der Waals surface area contributed by atoms with E-state index in [4.69, 9.17) is 4.52 Å². The summed E-state index contributed by atoms with van der Waals surface area (Å²) in [6, 6.07) is 5.15. The molecule has 10 heteroatoms. The molecule has 9 nitrogen and oxygen atoms in total. The van der Waals surface area contributed by atoms with Crippen LogP contribution < -0.4 is 11.0 Å². The molecule has 1 aliphatic heterocycles. The number of carbonyl (C=O) groups excluding carboxylic acids is 1. The van der Waals surface area contributed by atoms with Crippen LogP contribution in [0.25, 0.3) is 11.4 Å². The number of rotatable bonds is 5. The quantitative estimate of drug-likeness (QED) is 0.700. The van der Waals surface area contributed by atoms with E-state index >= 15 is 0 Å². The molecule has 3 aromatic rings. The number of aryl methyl sites for hydroxylation is 1. The molecule has 1 unspecified atom stereocenters. The van der Waals surface area contributed by atoms with Crippen molar-refractivity contribution in [2.45, 2.75) is 51.7 Å². The average molecular weight is 400 g/mol. The van der Waals surface area contributed by atoms with Gasteiger partial charge in [0.2, 0.25) is 17.6 Å². The maximum atomic E-state index is 13.0. The number of fused-ring (bicyclic) bond motifs is 1. The summed E-state index contributed by atoms with van der Waals surface area (Å²) in [7, 11) is 0. The van der Waals surface area contributed by atoms with E-state index in [0.717, 1.165) is 31.5 Å². The first kappa shape index (κ1) is 19.0. The summed E-state index contributed by atoms with van der Waals surface area (Å²) in [5.74, 6) is 0.509. The van der Waals surface area contributed by atoms with Gasteiger partial charge in [0, 0.05) is 18.5 Å². The minimum absolute atomic E-state index is 0.178. The second kappa shape index (κ2) is 7.98. The van der Waals surface area contributed by atoms with Gasteiger partial charge in [-0.2, -0.15) is 10.1 Å². The predicted octanol–water partition coefficient (Wildman–Crippen LogP) is 1.84. The van der Waals surface area contributed by atoms with Crippen molar-refractivity contribution >= 4 is 5.91 Å². The van der Waals surface area contributed by atoms with Gasteiger partial charge in [-0.15, -0.1) is 0 Å². The van der Waals surface area contributed by atoms with Gasteiger partial charge in [0.1, 0.15) is 24.2 Å². The van der Waals surface area contributed by atoms with E-state index in [0.29, 0.717) is 17.9 Å². The van der Waals surface area contributed by atoms with Crippen LogP contribution in [0, 0.1) is 5.82 Å². The Balaban J connectivity index is 1.41. The highest BCUT2D eigenvalue weighted by molar-refractivity contribution is 5.75. The number of hydrogen-bond donors (Lipinski definition) is 1. The molecule has 1 amide bonds. The summed E-state index contributed by atoms with van der Waals surface area (Å²) >= 11 is 0. The van der Waals surface area contributed by atoms with E-state index in [2.05, 4.69) is 20.6 Å². The largest absolute Gasteiger partial charge is 0.346 e. The zero-order chi connectivity index (χ0) is 20.4. The predicted molar refractivity (Wildman–Crippen MR) is 100 cm³/mol. The monoisotopic (exact) mass is 400 g/mol. The molecule has 0 saturated carbocycles. The van der Waals surface area contributed by atoms with Crippen molar-refractivity contribution in [2.75, 3.05) is 0 Å². The van der Waals surface area contributed by atoms with Crippen LogP contribution >= 0.6 is 0 Å². The molecule has 29 heavy (non-hydrogen) atoms. The minimum Gasteiger partial charge on any atom is -0.343 e. The SMILES string of the molecule is CC(NC(=O)Cn1nc2n(c1=O)CCCCC2)c1nc(-c2ccc(F)cc2)no1. The summed E-state index contributed by atoms with van der Waals surface area (Å²) in [5.41, 5.74) is 0.340. The maximum Gasteiger partial charge on any atom is 0.346 e. The lowest BCUT2D eigenvalue weighted by Gasteiger charge is -2.09. The fourth-order valence-electron chi connectivity index (χ4n) is 3.34. The number of nitrogens with zero attached hydrogens (tertiary/aromatic N) is 5. The fourth-order valence-corrected chi connectivity index (χ4v) is 3.34. The van der Waals surface area contributed by atoms with E-state index in [1.165, 1.54) is 16.8 Å². The van der Waals surface area contributed by atoms with Gasteiger partial charge in [0.25, 0.3) is 0 Å². The molecule has 3 heterocycles. The normalized spacial score (nSPS) is 14.8. The van der Waals surface area contributed by atoms with Gasteiger partial charge in [-0.25, -0.2) is 13.9 Å². The molecule has 4 rings (SSSR count). The van der Waals surface area contributed by atoms with Crippen molar-refractivity contribution in [3.63, 3.8) is 0 Å². The van der Waals surface area contributed by atoms with Gasteiger partial charge < -0.3 is 9.84 Å². The van der Waals surface area contributed by atoms with Gasteiger partial charge >= 0.3 is 5.69 Å². The van der Waals surface area contributed by atoms with Crippen molar-refractivity contribution < 1.29 is 13.7 Å². The highest BCUT2D eigenvalue weighted by Crippen LogP contribution is 2.19. The van der Waals surface area contributed by atoms with E-state index in [9.17, 15) is 14.0 Å². The lowest BCUT2D eigenvalue weighted by Crippen LogP contribution is -2.35. The highest BCUT2D eigenvalue weighted by atomic mass is 19.1. The molecular weight excluding hydrogens is 379 g/mol. The van der Waals surface area contributed by atoms with Gasteiger partial charge in [-0.05, 0) is 44.0 Å². The third-order valence-electron chi connectivity index (χ3n) is 4.87. The van der Waals surface area contributed by atoms with Crippen molar-refractivity contribution in [3.05, 3.63) is 52.3 Å². The van der Waals surface area contributed by atoms with Crippen LogP contribution in [0.3, 0.4) is 0 Å². The Morgan fingerprint density at radius 1 is 1.28 bits per heavy atom. The van der Waals surface area contributed by atoms with Crippen LogP contribution in [0.1, 0.15) is 43.9 Å². The van der Waals surface area contributed by atoms with Crippen LogP contribution in [-0.4, -0.2) is 30.4 Å². The number of hydrogen-bond acceptors (Lipinski definition) is 6. The molecule has 2 aromatic heterocycles. The molecule has 1 atom stereocenters. The van der Waals surface area contributed by atoms with Gasteiger partial charge in [0.15, 0.2) is 0 Å². The summed E-state index contributed by atoms with van der Waals surface area (Å²) in [4.78, 5) is 29.1. The Labute approximate surface area is 165 Å².